The Balaban J connectivity index is 1.59. The highest BCUT2D eigenvalue weighted by molar-refractivity contribution is 7.48. The predicted octanol–water partition coefficient (Wildman–Crippen LogP) is 8.35. The average Bonchev–Trinajstić information content (AvgIpc) is 3.41. The van der Waals surface area contributed by atoms with Gasteiger partial charge < -0.3 is 14.2 Å². The van der Waals surface area contributed by atoms with Crippen molar-refractivity contribution in [3.63, 3.8) is 0 Å². The molecule has 3 aromatic carbocycles. The van der Waals surface area contributed by atoms with Crippen molar-refractivity contribution in [2.75, 3.05) is 31.2 Å². The summed E-state index contributed by atoms with van der Waals surface area (Å²) in [6, 6.07) is 23.3. The third kappa shape index (κ3) is 7.75. The Bertz CT molecular complexity index is 1530. The second-order valence-electron chi connectivity index (χ2n) is 8.86. The molecule has 41 heavy (non-hydrogen) atoms. The third-order valence-corrected chi connectivity index (χ3v) is 8.83. The molecule has 0 aliphatic rings. The van der Waals surface area contributed by atoms with Gasteiger partial charge in [-0.3, -0.25) is 9.05 Å². The van der Waals surface area contributed by atoms with Gasteiger partial charge in [-0.25, -0.2) is 9.55 Å². The topological polar surface area (TPSA) is 93.9 Å². The molecule has 8 nitrogen and oxygen atoms in total. The van der Waals surface area contributed by atoms with Crippen molar-refractivity contribution < 1.29 is 22.9 Å². The number of nitriles is 1. The van der Waals surface area contributed by atoms with Gasteiger partial charge in [-0.15, -0.1) is 11.3 Å². The lowest BCUT2D eigenvalue weighted by atomic mass is 10.1. The summed E-state index contributed by atoms with van der Waals surface area (Å²) in [5, 5.41) is 10.7. The molecule has 0 amide bonds. The first kappa shape index (κ1) is 30.3. The van der Waals surface area contributed by atoms with Crippen LogP contribution < -0.4 is 14.2 Å². The zero-order valence-corrected chi connectivity index (χ0v) is 25.4. The van der Waals surface area contributed by atoms with E-state index in [0.717, 1.165) is 40.1 Å². The fourth-order valence-corrected chi connectivity index (χ4v) is 6.30. The van der Waals surface area contributed by atoms with Gasteiger partial charge in [-0.2, -0.15) is 5.26 Å². The van der Waals surface area contributed by atoms with E-state index in [4.69, 9.17) is 18.3 Å². The van der Waals surface area contributed by atoms with Crippen LogP contribution in [0.3, 0.4) is 0 Å². The lowest BCUT2D eigenvalue weighted by molar-refractivity contribution is 0.167. The van der Waals surface area contributed by atoms with Gasteiger partial charge in [0.05, 0.1) is 29.0 Å². The van der Waals surface area contributed by atoms with E-state index in [1.807, 2.05) is 60.7 Å². The molecule has 214 valence electrons. The summed E-state index contributed by atoms with van der Waals surface area (Å²) < 4.78 is 36.0. The summed E-state index contributed by atoms with van der Waals surface area (Å²) in [5.74, 6) is 1.03. The molecular formula is C31H34N3O5PS. The fourth-order valence-electron chi connectivity index (χ4n) is 4.18. The second kappa shape index (κ2) is 14.3. The van der Waals surface area contributed by atoms with E-state index < -0.39 is 7.82 Å². The van der Waals surface area contributed by atoms with Crippen LogP contribution in [0.25, 0.3) is 21.9 Å². The zero-order valence-electron chi connectivity index (χ0n) is 23.7. The molecule has 0 bridgehead atoms. The van der Waals surface area contributed by atoms with Crippen molar-refractivity contribution in [3.8, 4) is 17.6 Å². The van der Waals surface area contributed by atoms with Gasteiger partial charge in [0, 0.05) is 30.4 Å². The highest BCUT2D eigenvalue weighted by Gasteiger charge is 2.27. The molecule has 0 unspecified atom stereocenters. The molecule has 10 heteroatoms. The minimum atomic E-state index is -3.67. The van der Waals surface area contributed by atoms with Gasteiger partial charge in [-0.1, -0.05) is 24.3 Å². The lowest BCUT2D eigenvalue weighted by Gasteiger charge is -2.22. The van der Waals surface area contributed by atoms with Crippen LogP contribution in [0.4, 0.5) is 5.69 Å². The Morgan fingerprint density at radius 1 is 1.00 bits per heavy atom. The first-order chi connectivity index (χ1) is 19.9. The Hall–Kier alpha value is -3.67. The van der Waals surface area contributed by atoms with Crippen LogP contribution in [-0.4, -0.2) is 31.3 Å². The van der Waals surface area contributed by atoms with Gasteiger partial charge in [-0.05, 0) is 75.7 Å². The standard InChI is InChI=1S/C31H34N3O5PS/c1-5-34(6-2)26-16-15-24(19-25(21-32)31-33-28-11-9-10-12-30(28)41-31)29(20-26)36-22-23-13-17-27(18-14-23)39-40(35,37-7-3)38-8-4/h9-20H,5-8,22H2,1-4H3/b25-19+. The molecule has 4 aromatic rings. The number of allylic oxidation sites excluding steroid dienone is 1. The molecule has 1 heterocycles. The predicted molar refractivity (Wildman–Crippen MR) is 165 cm³/mol. The number of hydrogen-bond donors (Lipinski definition) is 0. The Kier molecular flexibility index (Phi) is 10.6. The van der Waals surface area contributed by atoms with Gasteiger partial charge >= 0.3 is 7.82 Å². The Morgan fingerprint density at radius 3 is 2.34 bits per heavy atom. The van der Waals surface area contributed by atoms with Crippen molar-refractivity contribution in [1.29, 1.82) is 5.26 Å². The maximum Gasteiger partial charge on any atom is 0.530 e. The number of ether oxygens (including phenoxy) is 1. The molecule has 0 fully saturated rings. The number of phosphoric ester groups is 1. The molecular weight excluding hydrogens is 557 g/mol. The highest BCUT2D eigenvalue weighted by Crippen LogP contribution is 2.49. The minimum Gasteiger partial charge on any atom is -0.488 e. The first-order valence-electron chi connectivity index (χ1n) is 13.6. The number of thiazole rings is 1. The van der Waals surface area contributed by atoms with Crippen molar-refractivity contribution in [2.45, 2.75) is 34.3 Å². The van der Waals surface area contributed by atoms with E-state index in [1.165, 1.54) is 11.3 Å². The van der Waals surface area contributed by atoms with Crippen LogP contribution in [0.1, 0.15) is 43.8 Å². The number of phosphoric acid groups is 1. The maximum absolute atomic E-state index is 12.7. The third-order valence-electron chi connectivity index (χ3n) is 6.18. The molecule has 0 spiro atoms. The number of rotatable bonds is 14. The lowest BCUT2D eigenvalue weighted by Crippen LogP contribution is -2.21. The molecule has 0 aliphatic heterocycles. The van der Waals surface area contributed by atoms with Gasteiger partial charge in [0.25, 0.3) is 0 Å². The summed E-state index contributed by atoms with van der Waals surface area (Å²) in [6.45, 7) is 10.1. The number of anilines is 1. The van der Waals surface area contributed by atoms with Crippen molar-refractivity contribution >= 4 is 46.7 Å². The monoisotopic (exact) mass is 591 g/mol. The van der Waals surface area contributed by atoms with Crippen LogP contribution >= 0.6 is 19.2 Å². The molecule has 0 N–H and O–H groups in total. The largest absolute Gasteiger partial charge is 0.530 e. The molecule has 0 saturated heterocycles. The van der Waals surface area contributed by atoms with E-state index in [1.54, 1.807) is 26.0 Å². The molecule has 0 atom stereocenters. The molecule has 0 aliphatic carbocycles. The van der Waals surface area contributed by atoms with E-state index >= 15 is 0 Å². The normalized spacial score (nSPS) is 11.8. The number of fused-ring (bicyclic) bond motifs is 1. The smallest absolute Gasteiger partial charge is 0.488 e. The first-order valence-corrected chi connectivity index (χ1v) is 15.9. The summed E-state index contributed by atoms with van der Waals surface area (Å²) in [7, 11) is -3.67. The number of hydrogen-bond acceptors (Lipinski definition) is 9. The van der Waals surface area contributed by atoms with E-state index in [0.29, 0.717) is 22.1 Å². The van der Waals surface area contributed by atoms with Crippen LogP contribution in [0.2, 0.25) is 0 Å². The molecule has 0 radical (unpaired) electrons. The summed E-state index contributed by atoms with van der Waals surface area (Å²) in [5.41, 5.74) is 4.04. The number of para-hydroxylation sites is 1. The fraction of sp³-hybridized carbons (Fsp3) is 0.290. The average molecular weight is 592 g/mol. The van der Waals surface area contributed by atoms with Gasteiger partial charge in [0.15, 0.2) is 0 Å². The number of benzene rings is 3. The summed E-state index contributed by atoms with van der Waals surface area (Å²) in [6.07, 6.45) is 1.83. The maximum atomic E-state index is 12.7. The summed E-state index contributed by atoms with van der Waals surface area (Å²) in [4.78, 5) is 6.90. The summed E-state index contributed by atoms with van der Waals surface area (Å²) >= 11 is 1.49. The SMILES string of the molecule is CCOP(=O)(OCC)Oc1ccc(COc2cc(N(CC)CC)ccc2/C=C(\C#N)c2nc3ccccc3s2)cc1. The van der Waals surface area contributed by atoms with Crippen molar-refractivity contribution in [1.82, 2.24) is 4.98 Å². The van der Waals surface area contributed by atoms with Crippen molar-refractivity contribution in [2.24, 2.45) is 0 Å². The molecule has 1 aromatic heterocycles. The van der Waals surface area contributed by atoms with Crippen LogP contribution in [0, 0.1) is 11.3 Å². The Morgan fingerprint density at radius 2 is 1.71 bits per heavy atom. The van der Waals surface area contributed by atoms with E-state index in [-0.39, 0.29) is 19.8 Å². The van der Waals surface area contributed by atoms with Crippen LogP contribution in [0.5, 0.6) is 11.5 Å². The van der Waals surface area contributed by atoms with Gasteiger partial charge in [0.1, 0.15) is 29.2 Å². The van der Waals surface area contributed by atoms with Crippen LogP contribution in [0.15, 0.2) is 66.7 Å². The highest BCUT2D eigenvalue weighted by atomic mass is 32.1. The van der Waals surface area contributed by atoms with Crippen LogP contribution in [-0.2, 0) is 20.2 Å². The van der Waals surface area contributed by atoms with E-state index in [9.17, 15) is 9.83 Å². The Labute approximate surface area is 245 Å². The molecule has 0 saturated carbocycles. The van der Waals surface area contributed by atoms with E-state index in [2.05, 4.69) is 29.8 Å². The number of nitrogens with zero attached hydrogens (tertiary/aromatic N) is 3. The number of aromatic nitrogens is 1. The van der Waals surface area contributed by atoms with Gasteiger partial charge in [0.2, 0.25) is 0 Å². The second-order valence-corrected chi connectivity index (χ2v) is 11.5. The zero-order chi connectivity index (χ0) is 29.2. The van der Waals surface area contributed by atoms with Crippen molar-refractivity contribution in [3.05, 3.63) is 82.9 Å². The quantitative estimate of drug-likeness (QED) is 0.107. The molecule has 4 rings (SSSR count). The minimum absolute atomic E-state index is 0.207.